The third-order valence-corrected chi connectivity index (χ3v) is 20.9. The van der Waals surface area contributed by atoms with Crippen molar-refractivity contribution < 1.29 is 0 Å². The van der Waals surface area contributed by atoms with E-state index in [-0.39, 0.29) is 0 Å². The van der Waals surface area contributed by atoms with Gasteiger partial charge in [-0.1, -0.05) is 279 Å². The first kappa shape index (κ1) is 55.5. The van der Waals surface area contributed by atoms with Crippen molar-refractivity contribution in [2.45, 2.75) is 10.8 Å². The molecule has 0 N–H and O–H groups in total. The predicted octanol–water partition coefficient (Wildman–Crippen LogP) is 21.7. The minimum Gasteiger partial charge on any atom is -0.256 e. The van der Waals surface area contributed by atoms with Gasteiger partial charge in [0.15, 0.2) is 11.6 Å². The van der Waals surface area contributed by atoms with E-state index in [1.807, 2.05) is 48.8 Å². The van der Waals surface area contributed by atoms with Crippen LogP contribution < -0.4 is 0 Å². The maximum Gasteiger partial charge on any atom is 0.160 e. The largest absolute Gasteiger partial charge is 0.256 e. The zero-order valence-corrected chi connectivity index (χ0v) is 53.0. The van der Waals surface area contributed by atoms with Crippen molar-refractivity contribution in [3.05, 3.63) is 384 Å². The van der Waals surface area contributed by atoms with Crippen molar-refractivity contribution in [2.24, 2.45) is 0 Å². The first-order valence-corrected chi connectivity index (χ1v) is 33.5. The molecule has 0 saturated carbocycles. The average molecular weight is 1250 g/mol. The summed E-state index contributed by atoms with van der Waals surface area (Å²) in [7, 11) is 0. The molecule has 454 valence electrons. The van der Waals surface area contributed by atoms with E-state index in [4.69, 9.17) is 19.9 Å². The van der Waals surface area contributed by atoms with Crippen molar-refractivity contribution in [1.29, 1.82) is 0 Å². The van der Waals surface area contributed by atoms with Gasteiger partial charge < -0.3 is 0 Å². The molecule has 16 aromatic rings. The Morgan fingerprint density at radius 3 is 0.694 bits per heavy atom. The smallest absolute Gasteiger partial charge is 0.160 e. The molecule has 20 rings (SSSR count). The highest BCUT2D eigenvalue weighted by Crippen LogP contribution is 2.65. The third kappa shape index (κ3) is 8.34. The fraction of sp³-hybridized carbons (Fsp3) is 0.0217. The van der Waals surface area contributed by atoms with Crippen LogP contribution in [0, 0.1) is 0 Å². The van der Waals surface area contributed by atoms with E-state index in [2.05, 4.69) is 301 Å². The number of hydrogen-bond donors (Lipinski definition) is 0. The Kier molecular flexibility index (Phi) is 12.4. The lowest BCUT2D eigenvalue weighted by Crippen LogP contribution is -2.25. The molecule has 0 radical (unpaired) electrons. The number of hydrogen-bond acceptors (Lipinski definition) is 6. The van der Waals surface area contributed by atoms with Crippen molar-refractivity contribution >= 4 is 0 Å². The molecule has 12 aromatic carbocycles. The van der Waals surface area contributed by atoms with Crippen LogP contribution >= 0.6 is 0 Å². The predicted molar refractivity (Wildman–Crippen MR) is 395 cm³/mol. The van der Waals surface area contributed by atoms with Crippen LogP contribution in [0.5, 0.6) is 0 Å². The number of fused-ring (bicyclic) bond motifs is 20. The van der Waals surface area contributed by atoms with Crippen LogP contribution in [0.1, 0.15) is 44.5 Å². The molecule has 0 atom stereocenters. The fourth-order valence-electron chi connectivity index (χ4n) is 16.6. The van der Waals surface area contributed by atoms with Crippen LogP contribution in [0.2, 0.25) is 0 Å². The maximum atomic E-state index is 5.49. The van der Waals surface area contributed by atoms with Crippen molar-refractivity contribution in [3.63, 3.8) is 0 Å². The summed E-state index contributed by atoms with van der Waals surface area (Å²) in [6.45, 7) is 0. The van der Waals surface area contributed by atoms with Crippen LogP contribution in [0.15, 0.2) is 340 Å². The van der Waals surface area contributed by atoms with E-state index < -0.39 is 10.8 Å². The minimum atomic E-state index is -0.491. The first-order valence-electron chi connectivity index (χ1n) is 33.5. The van der Waals surface area contributed by atoms with Gasteiger partial charge in [-0.3, -0.25) is 9.97 Å². The quantitative estimate of drug-likeness (QED) is 0.143. The normalized spacial score (nSPS) is 13.3. The molecule has 4 aromatic heterocycles. The van der Waals surface area contributed by atoms with Gasteiger partial charge in [0.2, 0.25) is 0 Å². The standard InChI is InChI=1S/C92H56N6/c1-7-23-75-67(17-1)68-18-2-8-24-76(68)91(75)79-27-11-5-21-71(79)73-49-47-65(53-81(73)91)87-55-85(61-39-35-59(36-40-61)83-29-13-15-51-93-83)95-89(97-87)63-43-31-57(32-44-63)58-33-45-64(46-34-58)90-96-86(62-41-37-60(38-42-62)84-30-14-16-52-94-84)56-88(98-90)66-48-50-74-72-22-6-12-28-80(72)92(82(74)54-66)77-25-9-3-19-69(77)70-20-4-10-26-78(70)92/h1-56H. The molecular weight excluding hydrogens is 1190 g/mol. The zero-order valence-electron chi connectivity index (χ0n) is 53.0. The third-order valence-electron chi connectivity index (χ3n) is 20.9. The molecule has 0 saturated heterocycles. The van der Waals surface area contributed by atoms with Gasteiger partial charge in [-0.15, -0.1) is 0 Å². The molecule has 0 amide bonds. The topological polar surface area (TPSA) is 77.3 Å². The van der Waals surface area contributed by atoms with E-state index in [1.54, 1.807) is 0 Å². The van der Waals surface area contributed by atoms with E-state index >= 15 is 0 Å². The second-order valence-corrected chi connectivity index (χ2v) is 26.0. The number of rotatable bonds is 9. The van der Waals surface area contributed by atoms with Gasteiger partial charge in [0.1, 0.15) is 0 Å². The van der Waals surface area contributed by atoms with E-state index in [9.17, 15) is 0 Å². The van der Waals surface area contributed by atoms with Gasteiger partial charge >= 0.3 is 0 Å². The Morgan fingerprint density at radius 2 is 0.398 bits per heavy atom. The number of aromatic nitrogens is 6. The first-order chi connectivity index (χ1) is 48.5. The molecule has 4 aliphatic rings. The second-order valence-electron chi connectivity index (χ2n) is 26.0. The molecular formula is C92H56N6. The van der Waals surface area contributed by atoms with Gasteiger partial charge in [0.05, 0.1) is 45.0 Å². The highest BCUT2D eigenvalue weighted by molar-refractivity contribution is 5.98. The molecule has 0 fully saturated rings. The average Bonchev–Trinajstić information content (AvgIpc) is 1.52. The summed E-state index contributed by atoms with van der Waals surface area (Å²) >= 11 is 0. The highest BCUT2D eigenvalue weighted by atomic mass is 14.9. The number of benzene rings is 12. The van der Waals surface area contributed by atoms with E-state index in [1.165, 1.54) is 89.0 Å². The summed E-state index contributed by atoms with van der Waals surface area (Å²) in [5.74, 6) is 1.28. The molecule has 6 nitrogen and oxygen atoms in total. The van der Waals surface area contributed by atoms with Gasteiger partial charge in [0, 0.05) is 56.9 Å². The lowest BCUT2D eigenvalue weighted by molar-refractivity contribution is 0.794. The number of nitrogens with zero attached hydrogens (tertiary/aromatic N) is 6. The van der Waals surface area contributed by atoms with Crippen molar-refractivity contribution in [2.75, 3.05) is 0 Å². The molecule has 2 spiro atoms. The Labute approximate surface area is 567 Å². The molecule has 98 heavy (non-hydrogen) atoms. The lowest BCUT2D eigenvalue weighted by Gasteiger charge is -2.30. The van der Waals surface area contributed by atoms with Crippen molar-refractivity contribution in [1.82, 2.24) is 29.9 Å². The van der Waals surface area contributed by atoms with Crippen LogP contribution in [0.4, 0.5) is 0 Å². The van der Waals surface area contributed by atoms with Crippen LogP contribution in [0.25, 0.3) is 146 Å². The highest BCUT2D eigenvalue weighted by Gasteiger charge is 2.53. The van der Waals surface area contributed by atoms with Gasteiger partial charge in [-0.25, -0.2) is 19.9 Å². The monoisotopic (exact) mass is 1240 g/mol. The Hall–Kier alpha value is -12.9. The minimum absolute atomic E-state index is 0.491. The summed E-state index contributed by atoms with van der Waals surface area (Å²) in [5, 5.41) is 0. The molecule has 6 heteroatoms. The zero-order chi connectivity index (χ0) is 64.5. The van der Waals surface area contributed by atoms with Gasteiger partial charge in [0.25, 0.3) is 0 Å². The van der Waals surface area contributed by atoms with Crippen molar-refractivity contribution in [3.8, 4) is 146 Å². The molecule has 0 bridgehead atoms. The maximum absolute atomic E-state index is 5.49. The summed E-state index contributed by atoms with van der Waals surface area (Å²) < 4.78 is 0. The lowest BCUT2D eigenvalue weighted by atomic mass is 9.70. The van der Waals surface area contributed by atoms with Gasteiger partial charge in [-0.05, 0) is 149 Å². The molecule has 0 aliphatic heterocycles. The SMILES string of the molecule is c1ccc(-c2ccc(-c3cc(-c4ccc5c(c4)C4(c6ccccc6-c6ccccc64)c4ccccc4-5)nc(-c4ccc(-c5ccc(-c6nc(-c7ccc(-c8ccccn8)cc7)cc(-c7ccc8c(c7)C7(c9ccccc9-c9ccccc97)c7ccccc7-8)n6)cc5)cc4)n3)cc2)nc1. The Balaban J connectivity index is 0.675. The molecule has 4 aliphatic carbocycles. The second kappa shape index (κ2) is 21.8. The van der Waals surface area contributed by atoms with E-state index in [0.29, 0.717) is 11.6 Å². The summed E-state index contributed by atoms with van der Waals surface area (Å²) in [4.78, 5) is 31.0. The Morgan fingerprint density at radius 1 is 0.163 bits per heavy atom. The van der Waals surface area contributed by atoms with Crippen LogP contribution in [0.3, 0.4) is 0 Å². The van der Waals surface area contributed by atoms with E-state index in [0.717, 1.165) is 89.8 Å². The van der Waals surface area contributed by atoms with Crippen LogP contribution in [-0.2, 0) is 10.8 Å². The fourth-order valence-corrected chi connectivity index (χ4v) is 16.6. The van der Waals surface area contributed by atoms with Gasteiger partial charge in [-0.2, -0.15) is 0 Å². The van der Waals surface area contributed by atoms with Crippen LogP contribution in [-0.4, -0.2) is 29.9 Å². The molecule has 0 unspecified atom stereocenters. The summed E-state index contributed by atoms with van der Waals surface area (Å²) in [5.41, 5.74) is 34.8. The Bertz CT molecular complexity index is 5410. The molecule has 4 heterocycles. The number of pyridine rings is 2. The summed E-state index contributed by atoms with van der Waals surface area (Å²) in [6, 6.07) is 118. The summed E-state index contributed by atoms with van der Waals surface area (Å²) in [6.07, 6.45) is 3.67.